The van der Waals surface area contributed by atoms with Gasteiger partial charge in [-0.15, -0.1) is 0 Å². The van der Waals surface area contributed by atoms with Crippen LogP contribution in [0.1, 0.15) is 22.4 Å². The van der Waals surface area contributed by atoms with Crippen LogP contribution in [0.4, 0.5) is 0 Å². The molecule has 5 nitrogen and oxygen atoms in total. The molecular formula is C13H17N3O2S. The first-order valence-electron chi connectivity index (χ1n) is 5.95. The molecule has 0 aliphatic heterocycles. The molecule has 0 saturated heterocycles. The second-order valence-corrected chi connectivity index (χ2v) is 6.33. The minimum absolute atomic E-state index is 0.203. The minimum Gasteiger partial charge on any atom is -0.347 e. The molecule has 1 heterocycles. The van der Waals surface area contributed by atoms with Crippen molar-refractivity contribution in [2.75, 3.05) is 0 Å². The van der Waals surface area contributed by atoms with E-state index in [1.165, 1.54) is 6.33 Å². The highest BCUT2D eigenvalue weighted by Crippen LogP contribution is 2.21. The Bertz CT molecular complexity index is 653. The minimum atomic E-state index is -3.51. The Hall–Kier alpha value is -1.66. The number of aryl methyl sites for hydroxylation is 3. The molecular weight excluding hydrogens is 262 g/mol. The zero-order valence-electron chi connectivity index (χ0n) is 11.2. The standard InChI is InChI=1S/C13H17N3O2S/c1-9-4-10(2)13(11(3)5-9)19(17,18)16-7-12-6-14-8-15-12/h4-6,8,16H,7H2,1-3H3,(H,14,15). The van der Waals surface area contributed by atoms with Crippen LogP contribution in [0.5, 0.6) is 0 Å². The summed E-state index contributed by atoms with van der Waals surface area (Å²) in [6.45, 7) is 5.78. The van der Waals surface area contributed by atoms with Gasteiger partial charge in [-0.25, -0.2) is 18.1 Å². The number of rotatable bonds is 4. The van der Waals surface area contributed by atoms with E-state index in [9.17, 15) is 8.42 Å². The normalized spacial score (nSPS) is 11.7. The summed E-state index contributed by atoms with van der Waals surface area (Å²) in [6, 6.07) is 3.75. The Morgan fingerprint density at radius 3 is 2.37 bits per heavy atom. The molecule has 1 aromatic heterocycles. The molecule has 6 heteroatoms. The van der Waals surface area contributed by atoms with Gasteiger partial charge in [0.05, 0.1) is 17.8 Å². The molecule has 0 bridgehead atoms. The Morgan fingerprint density at radius 2 is 1.84 bits per heavy atom. The van der Waals surface area contributed by atoms with Crippen LogP contribution in [0.25, 0.3) is 0 Å². The van der Waals surface area contributed by atoms with E-state index >= 15 is 0 Å². The predicted molar refractivity (Wildman–Crippen MR) is 73.3 cm³/mol. The summed E-state index contributed by atoms with van der Waals surface area (Å²) >= 11 is 0. The molecule has 0 fully saturated rings. The number of sulfonamides is 1. The molecule has 0 amide bonds. The monoisotopic (exact) mass is 279 g/mol. The lowest BCUT2D eigenvalue weighted by Crippen LogP contribution is -2.25. The number of nitrogens with zero attached hydrogens (tertiary/aromatic N) is 1. The van der Waals surface area contributed by atoms with E-state index in [1.54, 1.807) is 6.20 Å². The lowest BCUT2D eigenvalue weighted by atomic mass is 10.1. The van der Waals surface area contributed by atoms with E-state index in [2.05, 4.69) is 14.7 Å². The van der Waals surface area contributed by atoms with Gasteiger partial charge in [0.1, 0.15) is 0 Å². The second-order valence-electron chi connectivity index (χ2n) is 4.63. The van der Waals surface area contributed by atoms with Gasteiger partial charge >= 0.3 is 0 Å². The summed E-state index contributed by atoms with van der Waals surface area (Å²) in [5.74, 6) is 0. The van der Waals surface area contributed by atoms with Crippen molar-refractivity contribution in [3.05, 3.63) is 47.0 Å². The number of nitrogens with one attached hydrogen (secondary N) is 2. The van der Waals surface area contributed by atoms with Gasteiger partial charge in [0.25, 0.3) is 0 Å². The van der Waals surface area contributed by atoms with Gasteiger partial charge < -0.3 is 4.98 Å². The molecule has 0 atom stereocenters. The summed E-state index contributed by atoms with van der Waals surface area (Å²) < 4.78 is 27.2. The maximum absolute atomic E-state index is 12.3. The molecule has 0 spiro atoms. The fourth-order valence-electron chi connectivity index (χ4n) is 2.22. The molecule has 0 saturated carbocycles. The van der Waals surface area contributed by atoms with Crippen molar-refractivity contribution in [1.29, 1.82) is 0 Å². The van der Waals surface area contributed by atoms with Crippen molar-refractivity contribution < 1.29 is 8.42 Å². The number of hydrogen-bond acceptors (Lipinski definition) is 3. The average Bonchev–Trinajstić information content (AvgIpc) is 2.77. The summed E-state index contributed by atoms with van der Waals surface area (Å²) in [7, 11) is -3.51. The van der Waals surface area contributed by atoms with E-state index in [4.69, 9.17) is 0 Å². The molecule has 0 aliphatic carbocycles. The van der Waals surface area contributed by atoms with Crippen LogP contribution >= 0.6 is 0 Å². The molecule has 2 rings (SSSR count). The SMILES string of the molecule is Cc1cc(C)c(S(=O)(=O)NCc2cnc[nH]2)c(C)c1. The molecule has 1 aromatic carbocycles. The van der Waals surface area contributed by atoms with Gasteiger partial charge in [-0.05, 0) is 31.9 Å². The predicted octanol–water partition coefficient (Wildman–Crippen LogP) is 1.81. The third kappa shape index (κ3) is 3.02. The van der Waals surface area contributed by atoms with E-state index in [0.717, 1.165) is 22.4 Å². The number of aromatic nitrogens is 2. The van der Waals surface area contributed by atoms with E-state index in [-0.39, 0.29) is 6.54 Å². The highest BCUT2D eigenvalue weighted by Gasteiger charge is 2.19. The zero-order valence-corrected chi connectivity index (χ0v) is 12.0. The zero-order chi connectivity index (χ0) is 14.0. The maximum Gasteiger partial charge on any atom is 0.241 e. The molecule has 0 unspecified atom stereocenters. The van der Waals surface area contributed by atoms with Crippen LogP contribution in [-0.4, -0.2) is 18.4 Å². The molecule has 0 radical (unpaired) electrons. The van der Waals surface area contributed by atoms with Crippen LogP contribution in [0, 0.1) is 20.8 Å². The Morgan fingerprint density at radius 1 is 1.21 bits per heavy atom. The Labute approximate surface area is 113 Å². The average molecular weight is 279 g/mol. The first-order chi connectivity index (χ1) is 8.90. The lowest BCUT2D eigenvalue weighted by molar-refractivity contribution is 0.579. The van der Waals surface area contributed by atoms with Crippen LogP contribution in [0.2, 0.25) is 0 Å². The molecule has 2 aromatic rings. The van der Waals surface area contributed by atoms with Gasteiger partial charge in [0.15, 0.2) is 0 Å². The third-order valence-electron chi connectivity index (χ3n) is 2.88. The number of hydrogen-bond donors (Lipinski definition) is 2. The number of aromatic amines is 1. The first-order valence-corrected chi connectivity index (χ1v) is 7.43. The number of H-pyrrole nitrogens is 1. The van der Waals surface area contributed by atoms with Crippen molar-refractivity contribution in [3.8, 4) is 0 Å². The van der Waals surface area contributed by atoms with Gasteiger partial charge in [-0.3, -0.25) is 0 Å². The highest BCUT2D eigenvalue weighted by molar-refractivity contribution is 7.89. The van der Waals surface area contributed by atoms with Crippen molar-refractivity contribution in [2.24, 2.45) is 0 Å². The summed E-state index contributed by atoms with van der Waals surface area (Å²) in [5.41, 5.74) is 3.30. The topological polar surface area (TPSA) is 74.8 Å². The van der Waals surface area contributed by atoms with Crippen LogP contribution in [0.15, 0.2) is 29.6 Å². The van der Waals surface area contributed by atoms with E-state index < -0.39 is 10.0 Å². The summed E-state index contributed by atoms with van der Waals surface area (Å²) in [6.07, 6.45) is 3.11. The fraction of sp³-hybridized carbons (Fsp3) is 0.308. The van der Waals surface area contributed by atoms with Crippen LogP contribution in [0.3, 0.4) is 0 Å². The fourth-order valence-corrected chi connectivity index (χ4v) is 3.67. The molecule has 2 N–H and O–H groups in total. The van der Waals surface area contributed by atoms with Gasteiger partial charge in [0, 0.05) is 11.9 Å². The summed E-state index contributed by atoms with van der Waals surface area (Å²) in [4.78, 5) is 7.07. The van der Waals surface area contributed by atoms with Gasteiger partial charge in [-0.2, -0.15) is 0 Å². The van der Waals surface area contributed by atoms with Crippen LogP contribution < -0.4 is 4.72 Å². The highest BCUT2D eigenvalue weighted by atomic mass is 32.2. The quantitative estimate of drug-likeness (QED) is 0.896. The largest absolute Gasteiger partial charge is 0.347 e. The van der Waals surface area contributed by atoms with Crippen molar-refractivity contribution in [1.82, 2.24) is 14.7 Å². The maximum atomic E-state index is 12.3. The third-order valence-corrected chi connectivity index (χ3v) is 4.59. The van der Waals surface area contributed by atoms with Crippen molar-refractivity contribution in [3.63, 3.8) is 0 Å². The number of imidazole rings is 1. The van der Waals surface area contributed by atoms with Crippen molar-refractivity contribution in [2.45, 2.75) is 32.2 Å². The second kappa shape index (κ2) is 5.14. The number of benzene rings is 1. The summed E-state index contributed by atoms with van der Waals surface area (Å²) in [5, 5.41) is 0. The van der Waals surface area contributed by atoms with Gasteiger partial charge in [-0.1, -0.05) is 17.7 Å². The lowest BCUT2D eigenvalue weighted by Gasteiger charge is -2.12. The van der Waals surface area contributed by atoms with E-state index in [1.807, 2.05) is 32.9 Å². The van der Waals surface area contributed by atoms with E-state index in [0.29, 0.717) is 4.90 Å². The van der Waals surface area contributed by atoms with Crippen LogP contribution in [-0.2, 0) is 16.6 Å². The molecule has 19 heavy (non-hydrogen) atoms. The first kappa shape index (κ1) is 13.8. The van der Waals surface area contributed by atoms with Gasteiger partial charge in [0.2, 0.25) is 10.0 Å². The van der Waals surface area contributed by atoms with Crippen molar-refractivity contribution >= 4 is 10.0 Å². The smallest absolute Gasteiger partial charge is 0.241 e. The molecule has 102 valence electrons. The molecule has 0 aliphatic rings. The Balaban J connectivity index is 2.29. The Kier molecular flexibility index (Phi) is 3.73.